The third-order valence-electron chi connectivity index (χ3n) is 2.46. The first-order valence-electron chi connectivity index (χ1n) is 6.64. The molecule has 0 fully saturated rings. The first-order valence-corrected chi connectivity index (χ1v) is 6.64. The predicted molar refractivity (Wildman–Crippen MR) is 78.4 cm³/mol. The van der Waals surface area contributed by atoms with Crippen LogP contribution >= 0.6 is 0 Å². The van der Waals surface area contributed by atoms with Crippen molar-refractivity contribution in [1.82, 2.24) is 5.32 Å². The molecule has 1 atom stereocenters. The largest absolute Gasteiger partial charge is 0.444 e. The monoisotopic (exact) mass is 293 g/mol. The van der Waals surface area contributed by atoms with Gasteiger partial charge in [-0.05, 0) is 45.9 Å². The molecule has 6 heteroatoms. The second-order valence-corrected chi connectivity index (χ2v) is 5.73. The summed E-state index contributed by atoms with van der Waals surface area (Å²) < 4.78 is 18.1. The second-order valence-electron chi connectivity index (χ2n) is 5.73. The van der Waals surface area contributed by atoms with Crippen molar-refractivity contribution >= 4 is 11.8 Å². The molecule has 0 aliphatic carbocycles. The minimum absolute atomic E-state index is 0.143. The Morgan fingerprint density at radius 3 is 2.71 bits per heavy atom. The van der Waals surface area contributed by atoms with E-state index in [2.05, 4.69) is 10.6 Å². The van der Waals surface area contributed by atoms with Crippen LogP contribution in [0.15, 0.2) is 18.2 Å². The van der Waals surface area contributed by atoms with Gasteiger partial charge in [-0.1, -0.05) is 0 Å². The lowest BCUT2D eigenvalue weighted by Crippen LogP contribution is -2.38. The maximum absolute atomic E-state index is 13.0. The number of nitrogens with zero attached hydrogens (tertiary/aromatic N) is 1. The molecule has 0 saturated carbocycles. The highest BCUT2D eigenvalue weighted by Crippen LogP contribution is 2.16. The van der Waals surface area contributed by atoms with Gasteiger partial charge in [0, 0.05) is 12.6 Å². The van der Waals surface area contributed by atoms with Crippen molar-refractivity contribution < 1.29 is 13.9 Å². The van der Waals surface area contributed by atoms with E-state index < -0.39 is 17.5 Å². The summed E-state index contributed by atoms with van der Waals surface area (Å²) >= 11 is 0. The van der Waals surface area contributed by atoms with Gasteiger partial charge in [-0.15, -0.1) is 0 Å². The van der Waals surface area contributed by atoms with Gasteiger partial charge in [0.15, 0.2) is 0 Å². The number of carbonyl (C=O) groups is 1. The zero-order chi connectivity index (χ0) is 16.0. The van der Waals surface area contributed by atoms with Crippen LogP contribution in [0, 0.1) is 17.1 Å². The molecule has 0 spiro atoms. The van der Waals surface area contributed by atoms with Gasteiger partial charge in [-0.3, -0.25) is 0 Å². The number of ether oxygens (including phenoxy) is 1. The van der Waals surface area contributed by atoms with Gasteiger partial charge < -0.3 is 15.4 Å². The van der Waals surface area contributed by atoms with Crippen LogP contribution in [-0.4, -0.2) is 24.3 Å². The van der Waals surface area contributed by atoms with Crippen molar-refractivity contribution in [2.45, 2.75) is 39.3 Å². The Hall–Kier alpha value is -2.29. The lowest BCUT2D eigenvalue weighted by atomic mass is 10.1. The number of halogens is 1. The first kappa shape index (κ1) is 16.8. The Balaban J connectivity index is 2.53. The van der Waals surface area contributed by atoms with Crippen molar-refractivity contribution in [2.75, 3.05) is 11.9 Å². The van der Waals surface area contributed by atoms with E-state index in [0.717, 1.165) is 6.07 Å². The van der Waals surface area contributed by atoms with Crippen molar-refractivity contribution in [3.05, 3.63) is 29.6 Å². The molecule has 5 nitrogen and oxygen atoms in total. The molecule has 0 bridgehead atoms. The Kier molecular flexibility index (Phi) is 5.53. The maximum Gasteiger partial charge on any atom is 0.407 e. The summed E-state index contributed by atoms with van der Waals surface area (Å²) in [6.07, 6.45) is -0.504. The first-order chi connectivity index (χ1) is 9.71. The number of nitriles is 1. The molecule has 0 aromatic heterocycles. The molecular formula is C15H20FN3O2. The normalized spacial score (nSPS) is 12.2. The van der Waals surface area contributed by atoms with E-state index in [1.54, 1.807) is 20.8 Å². The van der Waals surface area contributed by atoms with Gasteiger partial charge in [0.2, 0.25) is 0 Å². The number of benzene rings is 1. The van der Waals surface area contributed by atoms with Crippen LogP contribution in [0.4, 0.5) is 14.9 Å². The summed E-state index contributed by atoms with van der Waals surface area (Å²) in [5.41, 5.74) is 0.197. The van der Waals surface area contributed by atoms with E-state index in [4.69, 9.17) is 10.00 Å². The fourth-order valence-corrected chi connectivity index (χ4v) is 1.60. The smallest absolute Gasteiger partial charge is 0.407 e. The highest BCUT2D eigenvalue weighted by Gasteiger charge is 2.16. The molecule has 0 aliphatic heterocycles. The fourth-order valence-electron chi connectivity index (χ4n) is 1.60. The van der Waals surface area contributed by atoms with E-state index in [0.29, 0.717) is 12.2 Å². The lowest BCUT2D eigenvalue weighted by molar-refractivity contribution is 0.0526. The third-order valence-corrected chi connectivity index (χ3v) is 2.46. The standard InChI is InChI=1S/C15H20FN3O2/c1-10(9-18-14(20)21-15(2,3)4)19-13-6-5-12(16)7-11(13)8-17/h5-7,10,19H,9H2,1-4H3,(H,18,20). The number of nitrogens with one attached hydrogen (secondary N) is 2. The van der Waals surface area contributed by atoms with Crippen molar-refractivity contribution in [3.8, 4) is 6.07 Å². The third kappa shape index (κ3) is 6.13. The van der Waals surface area contributed by atoms with E-state index >= 15 is 0 Å². The molecule has 0 aliphatic rings. The number of hydrogen-bond acceptors (Lipinski definition) is 4. The quantitative estimate of drug-likeness (QED) is 0.895. The topological polar surface area (TPSA) is 74.2 Å². The van der Waals surface area contributed by atoms with Crippen LogP contribution in [-0.2, 0) is 4.74 Å². The van der Waals surface area contributed by atoms with Crippen LogP contribution in [0.5, 0.6) is 0 Å². The molecule has 0 heterocycles. The van der Waals surface area contributed by atoms with Crippen LogP contribution in [0.3, 0.4) is 0 Å². The van der Waals surface area contributed by atoms with E-state index in [1.807, 2.05) is 13.0 Å². The summed E-state index contributed by atoms with van der Waals surface area (Å²) in [7, 11) is 0. The van der Waals surface area contributed by atoms with Gasteiger partial charge >= 0.3 is 6.09 Å². The maximum atomic E-state index is 13.0. The molecule has 0 saturated heterocycles. The molecule has 2 N–H and O–H groups in total. The number of amides is 1. The van der Waals surface area contributed by atoms with Gasteiger partial charge in [-0.2, -0.15) is 5.26 Å². The van der Waals surface area contributed by atoms with E-state index in [9.17, 15) is 9.18 Å². The van der Waals surface area contributed by atoms with Crippen molar-refractivity contribution in [3.63, 3.8) is 0 Å². The fraction of sp³-hybridized carbons (Fsp3) is 0.467. The minimum atomic E-state index is -0.550. The van der Waals surface area contributed by atoms with Gasteiger partial charge in [0.25, 0.3) is 0 Å². The summed E-state index contributed by atoms with van der Waals surface area (Å²) in [6.45, 7) is 7.50. The molecule has 1 rings (SSSR count). The van der Waals surface area contributed by atoms with Gasteiger partial charge in [0.05, 0.1) is 11.3 Å². The number of hydrogen-bond donors (Lipinski definition) is 2. The highest BCUT2D eigenvalue weighted by molar-refractivity contribution is 5.67. The molecule has 114 valence electrons. The summed E-state index contributed by atoms with van der Waals surface area (Å²) in [4.78, 5) is 11.5. The van der Waals surface area contributed by atoms with Crippen molar-refractivity contribution in [2.24, 2.45) is 0 Å². The van der Waals surface area contributed by atoms with E-state index in [-0.39, 0.29) is 11.6 Å². The van der Waals surface area contributed by atoms with Gasteiger partial charge in [0.1, 0.15) is 17.5 Å². The molecule has 1 amide bonds. The average Bonchev–Trinajstić information content (AvgIpc) is 2.36. The summed E-state index contributed by atoms with van der Waals surface area (Å²) in [6, 6.07) is 5.72. The molecular weight excluding hydrogens is 273 g/mol. The number of rotatable bonds is 4. The molecule has 1 aromatic carbocycles. The van der Waals surface area contributed by atoms with Crippen LogP contribution in [0.25, 0.3) is 0 Å². The van der Waals surface area contributed by atoms with Crippen molar-refractivity contribution in [1.29, 1.82) is 5.26 Å². The summed E-state index contributed by atoms with van der Waals surface area (Å²) in [5, 5.41) is 14.6. The molecule has 21 heavy (non-hydrogen) atoms. The molecule has 1 unspecified atom stereocenters. The minimum Gasteiger partial charge on any atom is -0.444 e. The SMILES string of the molecule is CC(CNC(=O)OC(C)(C)C)Nc1ccc(F)cc1C#N. The lowest BCUT2D eigenvalue weighted by Gasteiger charge is -2.21. The summed E-state index contributed by atoms with van der Waals surface area (Å²) in [5.74, 6) is -0.461. The Labute approximate surface area is 124 Å². The zero-order valence-electron chi connectivity index (χ0n) is 12.7. The van der Waals surface area contributed by atoms with Gasteiger partial charge in [-0.25, -0.2) is 9.18 Å². The van der Waals surface area contributed by atoms with Crippen LogP contribution < -0.4 is 10.6 Å². The van der Waals surface area contributed by atoms with Crippen LogP contribution in [0.1, 0.15) is 33.3 Å². The Morgan fingerprint density at radius 1 is 1.48 bits per heavy atom. The predicted octanol–water partition coefficient (Wildman–Crippen LogP) is 3.02. The second kappa shape index (κ2) is 6.93. The number of alkyl carbamates (subject to hydrolysis) is 1. The average molecular weight is 293 g/mol. The molecule has 0 radical (unpaired) electrons. The van der Waals surface area contributed by atoms with E-state index in [1.165, 1.54) is 12.1 Å². The zero-order valence-corrected chi connectivity index (χ0v) is 12.7. The number of carbonyl (C=O) groups excluding carboxylic acids is 1. The number of anilines is 1. The van der Waals surface area contributed by atoms with Crippen LogP contribution in [0.2, 0.25) is 0 Å². The molecule has 1 aromatic rings. The highest BCUT2D eigenvalue weighted by atomic mass is 19.1. The Morgan fingerprint density at radius 2 is 2.14 bits per heavy atom. The Bertz CT molecular complexity index is 547.